The second-order valence-corrected chi connectivity index (χ2v) is 3.34. The predicted molar refractivity (Wildman–Crippen MR) is 63.9 cm³/mol. The van der Waals surface area contributed by atoms with Crippen LogP contribution in [0, 0.1) is 6.92 Å². The Bertz CT molecular complexity index is 414. The molecule has 0 aliphatic rings. The van der Waals surface area contributed by atoms with E-state index in [9.17, 15) is 4.79 Å². The van der Waals surface area contributed by atoms with Crippen molar-refractivity contribution in [3.8, 4) is 0 Å². The Morgan fingerprint density at radius 2 is 2.25 bits per heavy atom. The molecule has 1 amide bonds. The maximum atomic E-state index is 11.6. The highest BCUT2D eigenvalue weighted by atomic mass is 16.1. The van der Waals surface area contributed by atoms with Gasteiger partial charge in [-0.05, 0) is 26.0 Å². The number of pyridine rings is 1. The van der Waals surface area contributed by atoms with Gasteiger partial charge in [0.1, 0.15) is 5.82 Å². The highest BCUT2D eigenvalue weighted by Crippen LogP contribution is 2.10. The van der Waals surface area contributed by atoms with Crippen LogP contribution in [0.4, 0.5) is 5.82 Å². The van der Waals surface area contributed by atoms with E-state index < -0.39 is 0 Å². The highest BCUT2D eigenvalue weighted by Gasteiger charge is 2.10. The lowest BCUT2D eigenvalue weighted by atomic mass is 10.2. The van der Waals surface area contributed by atoms with E-state index in [0.29, 0.717) is 11.3 Å². The van der Waals surface area contributed by atoms with Gasteiger partial charge in [0, 0.05) is 6.54 Å². The number of carbonyl (C=O) groups is 1. The molecule has 0 fully saturated rings. The van der Waals surface area contributed by atoms with E-state index in [4.69, 9.17) is 5.73 Å². The molecule has 1 aromatic rings. The Morgan fingerprint density at radius 3 is 2.75 bits per heavy atom. The van der Waals surface area contributed by atoms with Gasteiger partial charge in [0.15, 0.2) is 0 Å². The average molecular weight is 220 g/mol. The summed E-state index contributed by atoms with van der Waals surface area (Å²) < 4.78 is 0. The third-order valence-electron chi connectivity index (χ3n) is 1.96. The molecule has 0 bridgehead atoms. The molecule has 0 radical (unpaired) electrons. The van der Waals surface area contributed by atoms with Crippen LogP contribution < -0.4 is 16.4 Å². The van der Waals surface area contributed by atoms with Crippen LogP contribution in [-0.2, 0) is 0 Å². The molecule has 0 atom stereocenters. The number of aromatic nitrogens is 1. The molecule has 4 N–H and O–H groups in total. The molecule has 86 valence electrons. The van der Waals surface area contributed by atoms with Crippen molar-refractivity contribution in [1.82, 2.24) is 10.3 Å². The van der Waals surface area contributed by atoms with Gasteiger partial charge in [-0.3, -0.25) is 4.79 Å². The summed E-state index contributed by atoms with van der Waals surface area (Å²) in [7, 11) is 0. The molecule has 5 heteroatoms. The first kappa shape index (κ1) is 12.0. The first-order valence-electron chi connectivity index (χ1n) is 5.01. The van der Waals surface area contributed by atoms with E-state index in [1.807, 2.05) is 6.92 Å². The number of amides is 1. The van der Waals surface area contributed by atoms with E-state index in [1.165, 1.54) is 0 Å². The lowest BCUT2D eigenvalue weighted by molar-refractivity contribution is 0.0964. The van der Waals surface area contributed by atoms with Crippen molar-refractivity contribution in [2.75, 3.05) is 11.9 Å². The highest BCUT2D eigenvalue weighted by molar-refractivity contribution is 5.96. The summed E-state index contributed by atoms with van der Waals surface area (Å²) in [6.07, 6.45) is 0. The summed E-state index contributed by atoms with van der Waals surface area (Å²) in [6.45, 7) is 7.95. The van der Waals surface area contributed by atoms with E-state index >= 15 is 0 Å². The Hall–Kier alpha value is -2.04. The molecule has 0 aromatic carbocycles. The molecule has 0 saturated carbocycles. The van der Waals surface area contributed by atoms with Crippen LogP contribution in [0.1, 0.15) is 23.0 Å². The van der Waals surface area contributed by atoms with Gasteiger partial charge in [-0.15, -0.1) is 0 Å². The largest absolute Gasteiger partial charge is 0.386 e. The Balaban J connectivity index is 2.90. The zero-order valence-electron chi connectivity index (χ0n) is 9.50. The molecule has 0 aliphatic carbocycles. The number of hydrogen-bond acceptors (Lipinski definition) is 4. The quantitative estimate of drug-likeness (QED) is 0.706. The van der Waals surface area contributed by atoms with E-state index in [1.54, 1.807) is 19.1 Å². The zero-order valence-corrected chi connectivity index (χ0v) is 9.50. The topological polar surface area (TPSA) is 80.0 Å². The summed E-state index contributed by atoms with van der Waals surface area (Å²) in [5.41, 5.74) is 6.44. The van der Waals surface area contributed by atoms with Crippen molar-refractivity contribution in [2.24, 2.45) is 5.73 Å². The number of nitrogens with one attached hydrogen (secondary N) is 2. The van der Waals surface area contributed by atoms with Gasteiger partial charge in [0.25, 0.3) is 5.91 Å². The SMILES string of the molecule is C=C(N)NC(=O)c1ccc(NCC)nc1C. The molecule has 0 unspecified atom stereocenters. The molecule has 0 aliphatic heterocycles. The number of nitrogens with two attached hydrogens (primary N) is 1. The van der Waals surface area contributed by atoms with Crippen molar-refractivity contribution in [3.63, 3.8) is 0 Å². The van der Waals surface area contributed by atoms with Gasteiger partial charge in [-0.25, -0.2) is 4.98 Å². The molecular weight excluding hydrogens is 204 g/mol. The van der Waals surface area contributed by atoms with Gasteiger partial charge < -0.3 is 16.4 Å². The van der Waals surface area contributed by atoms with Crippen LogP contribution in [-0.4, -0.2) is 17.4 Å². The van der Waals surface area contributed by atoms with Crippen LogP contribution in [0.15, 0.2) is 24.5 Å². The van der Waals surface area contributed by atoms with Crippen molar-refractivity contribution < 1.29 is 4.79 Å². The first-order chi connectivity index (χ1) is 7.54. The monoisotopic (exact) mass is 220 g/mol. The summed E-state index contributed by atoms with van der Waals surface area (Å²) in [5, 5.41) is 5.51. The fraction of sp³-hybridized carbons (Fsp3) is 0.273. The minimum absolute atomic E-state index is 0.125. The van der Waals surface area contributed by atoms with Crippen LogP contribution in [0.3, 0.4) is 0 Å². The van der Waals surface area contributed by atoms with Crippen molar-refractivity contribution >= 4 is 11.7 Å². The average Bonchev–Trinajstić information content (AvgIpc) is 2.16. The van der Waals surface area contributed by atoms with Crippen LogP contribution >= 0.6 is 0 Å². The van der Waals surface area contributed by atoms with Gasteiger partial charge in [0.2, 0.25) is 0 Å². The smallest absolute Gasteiger partial charge is 0.258 e. The van der Waals surface area contributed by atoms with Crippen LogP contribution in [0.2, 0.25) is 0 Å². The van der Waals surface area contributed by atoms with Gasteiger partial charge in [-0.1, -0.05) is 6.58 Å². The third-order valence-corrected chi connectivity index (χ3v) is 1.96. The minimum Gasteiger partial charge on any atom is -0.386 e. The van der Waals surface area contributed by atoms with Gasteiger partial charge in [0.05, 0.1) is 17.1 Å². The lowest BCUT2D eigenvalue weighted by Crippen LogP contribution is -2.27. The molecular formula is C11H16N4O. The Kier molecular flexibility index (Phi) is 3.88. The summed E-state index contributed by atoms with van der Waals surface area (Å²) in [6, 6.07) is 3.46. The summed E-state index contributed by atoms with van der Waals surface area (Å²) in [4.78, 5) is 15.9. The lowest BCUT2D eigenvalue weighted by Gasteiger charge is -2.08. The van der Waals surface area contributed by atoms with Crippen molar-refractivity contribution in [3.05, 3.63) is 35.8 Å². The second-order valence-electron chi connectivity index (χ2n) is 3.34. The number of carbonyl (C=O) groups excluding carboxylic acids is 1. The number of aryl methyl sites for hydroxylation is 1. The van der Waals surface area contributed by atoms with Crippen LogP contribution in [0.5, 0.6) is 0 Å². The molecule has 1 heterocycles. The second kappa shape index (κ2) is 5.16. The van der Waals surface area contributed by atoms with Crippen molar-refractivity contribution in [2.45, 2.75) is 13.8 Å². The molecule has 0 spiro atoms. The number of nitrogens with zero attached hydrogens (tertiary/aromatic N) is 1. The number of rotatable bonds is 4. The molecule has 1 aromatic heterocycles. The molecule has 0 saturated heterocycles. The van der Waals surface area contributed by atoms with Gasteiger partial charge in [-0.2, -0.15) is 0 Å². The number of anilines is 1. The van der Waals surface area contributed by atoms with Crippen molar-refractivity contribution in [1.29, 1.82) is 0 Å². The summed E-state index contributed by atoms with van der Waals surface area (Å²) >= 11 is 0. The molecule has 5 nitrogen and oxygen atoms in total. The van der Waals surface area contributed by atoms with E-state index in [0.717, 1.165) is 12.4 Å². The maximum Gasteiger partial charge on any atom is 0.258 e. The molecule has 1 rings (SSSR count). The van der Waals surface area contributed by atoms with E-state index in [-0.39, 0.29) is 11.7 Å². The van der Waals surface area contributed by atoms with Gasteiger partial charge >= 0.3 is 0 Å². The minimum atomic E-state index is -0.291. The van der Waals surface area contributed by atoms with E-state index in [2.05, 4.69) is 22.2 Å². The Morgan fingerprint density at radius 1 is 1.56 bits per heavy atom. The third kappa shape index (κ3) is 2.98. The standard InChI is InChI=1S/C11H16N4O/c1-4-13-10-6-5-9(7(2)14-10)11(16)15-8(3)12/h5-6H,3-4,12H2,1-2H3,(H,13,14)(H,15,16). The number of hydrogen-bond donors (Lipinski definition) is 3. The normalized spacial score (nSPS) is 9.62. The zero-order chi connectivity index (χ0) is 12.1. The fourth-order valence-corrected chi connectivity index (χ4v) is 1.29. The van der Waals surface area contributed by atoms with Crippen LogP contribution in [0.25, 0.3) is 0 Å². The fourth-order valence-electron chi connectivity index (χ4n) is 1.29. The Labute approximate surface area is 94.8 Å². The maximum absolute atomic E-state index is 11.6. The predicted octanol–water partition coefficient (Wildman–Crippen LogP) is 0.982. The molecule has 16 heavy (non-hydrogen) atoms. The summed E-state index contributed by atoms with van der Waals surface area (Å²) in [5.74, 6) is 0.587. The first-order valence-corrected chi connectivity index (χ1v) is 5.01.